The average Bonchev–Trinajstić information content (AvgIpc) is 2.86. The van der Waals surface area contributed by atoms with Crippen LogP contribution < -0.4 is 5.32 Å². The molecule has 1 fully saturated rings. The largest absolute Gasteiger partial charge is 0.477 e. The second-order valence-corrected chi connectivity index (χ2v) is 4.93. The smallest absolute Gasteiger partial charge is 0.348 e. The highest BCUT2D eigenvalue weighted by Crippen LogP contribution is 2.25. The van der Waals surface area contributed by atoms with Crippen molar-refractivity contribution in [2.24, 2.45) is 5.92 Å². The zero-order chi connectivity index (χ0) is 12.4. The molecule has 1 aliphatic heterocycles. The fraction of sp³-hybridized carbons (Fsp3) is 0.455. The van der Waals surface area contributed by atoms with Crippen LogP contribution in [0.5, 0.6) is 0 Å². The third kappa shape index (κ3) is 2.48. The number of rotatable bonds is 3. The van der Waals surface area contributed by atoms with Gasteiger partial charge in [-0.1, -0.05) is 6.92 Å². The van der Waals surface area contributed by atoms with Gasteiger partial charge < -0.3 is 15.2 Å². The molecule has 2 N–H and O–H groups in total. The van der Waals surface area contributed by atoms with E-state index in [-0.39, 0.29) is 16.7 Å². The normalized spacial score (nSPS) is 23.6. The van der Waals surface area contributed by atoms with Gasteiger partial charge in [-0.3, -0.25) is 4.79 Å². The van der Waals surface area contributed by atoms with E-state index in [0.717, 1.165) is 17.8 Å². The van der Waals surface area contributed by atoms with Crippen LogP contribution >= 0.6 is 11.3 Å². The Morgan fingerprint density at radius 1 is 1.59 bits per heavy atom. The van der Waals surface area contributed by atoms with E-state index >= 15 is 0 Å². The summed E-state index contributed by atoms with van der Waals surface area (Å²) in [5, 5.41) is 13.2. The van der Waals surface area contributed by atoms with Gasteiger partial charge in [-0.25, -0.2) is 4.79 Å². The van der Waals surface area contributed by atoms with Crippen LogP contribution in [0.25, 0.3) is 0 Å². The number of hydrogen-bond donors (Lipinski definition) is 2. The van der Waals surface area contributed by atoms with Crippen molar-refractivity contribution in [1.29, 1.82) is 0 Å². The summed E-state index contributed by atoms with van der Waals surface area (Å²) in [5.74, 6) is -1.13. The first kappa shape index (κ1) is 12.1. The van der Waals surface area contributed by atoms with E-state index in [9.17, 15) is 9.59 Å². The van der Waals surface area contributed by atoms with Gasteiger partial charge in [0.1, 0.15) is 11.0 Å². The van der Waals surface area contributed by atoms with E-state index in [1.165, 1.54) is 0 Å². The molecule has 2 heterocycles. The molecule has 2 unspecified atom stereocenters. The van der Waals surface area contributed by atoms with Crippen LogP contribution in [0.1, 0.15) is 23.0 Å². The lowest BCUT2D eigenvalue weighted by Gasteiger charge is -2.14. The molecule has 6 heteroatoms. The molecule has 2 atom stereocenters. The SMILES string of the molecule is CC1CCOC1C(=O)Nc1ccsc1C(=O)O. The number of carbonyl (C=O) groups is 2. The van der Waals surface area contributed by atoms with Gasteiger partial charge in [0.15, 0.2) is 0 Å². The third-order valence-corrected chi connectivity index (χ3v) is 3.67. The minimum absolute atomic E-state index is 0.143. The maximum Gasteiger partial charge on any atom is 0.348 e. The monoisotopic (exact) mass is 255 g/mol. The lowest BCUT2D eigenvalue weighted by Crippen LogP contribution is -2.31. The summed E-state index contributed by atoms with van der Waals surface area (Å²) in [6.45, 7) is 2.53. The number of amides is 1. The lowest BCUT2D eigenvalue weighted by atomic mass is 10.0. The molecule has 17 heavy (non-hydrogen) atoms. The van der Waals surface area contributed by atoms with Crippen LogP contribution in [0.15, 0.2) is 11.4 Å². The van der Waals surface area contributed by atoms with Crippen molar-refractivity contribution >= 4 is 28.9 Å². The van der Waals surface area contributed by atoms with Gasteiger partial charge in [0.05, 0.1) is 5.69 Å². The van der Waals surface area contributed by atoms with E-state index in [1.54, 1.807) is 11.4 Å². The summed E-state index contributed by atoms with van der Waals surface area (Å²) in [6.07, 6.45) is 0.379. The van der Waals surface area contributed by atoms with Crippen molar-refractivity contribution in [2.75, 3.05) is 11.9 Å². The minimum Gasteiger partial charge on any atom is -0.477 e. The number of aromatic carboxylic acids is 1. The second kappa shape index (κ2) is 4.85. The van der Waals surface area contributed by atoms with Gasteiger partial charge in [-0.05, 0) is 23.8 Å². The molecule has 1 amide bonds. The fourth-order valence-corrected chi connectivity index (χ4v) is 2.49. The van der Waals surface area contributed by atoms with Crippen molar-refractivity contribution in [1.82, 2.24) is 0 Å². The summed E-state index contributed by atoms with van der Waals surface area (Å²) in [6, 6.07) is 1.59. The zero-order valence-corrected chi connectivity index (χ0v) is 10.1. The van der Waals surface area contributed by atoms with Gasteiger partial charge in [0, 0.05) is 6.61 Å². The maximum absolute atomic E-state index is 11.9. The van der Waals surface area contributed by atoms with E-state index in [2.05, 4.69) is 5.32 Å². The highest BCUT2D eigenvalue weighted by atomic mass is 32.1. The summed E-state index contributed by atoms with van der Waals surface area (Å²) in [7, 11) is 0. The van der Waals surface area contributed by atoms with Crippen molar-refractivity contribution in [2.45, 2.75) is 19.4 Å². The van der Waals surface area contributed by atoms with E-state index in [1.807, 2.05) is 6.92 Å². The number of hydrogen-bond acceptors (Lipinski definition) is 4. The molecule has 0 aromatic carbocycles. The van der Waals surface area contributed by atoms with Crippen LogP contribution in [0, 0.1) is 5.92 Å². The molecule has 5 nitrogen and oxygen atoms in total. The number of nitrogens with one attached hydrogen (secondary N) is 1. The van der Waals surface area contributed by atoms with Crippen molar-refractivity contribution in [3.05, 3.63) is 16.3 Å². The standard InChI is InChI=1S/C11H13NO4S/c1-6-2-4-16-8(6)10(13)12-7-3-5-17-9(7)11(14)15/h3,5-6,8H,2,4H2,1H3,(H,12,13)(H,14,15). The number of anilines is 1. The first-order chi connectivity index (χ1) is 8.09. The Labute approximate surface area is 102 Å². The molecule has 2 rings (SSSR count). The van der Waals surface area contributed by atoms with E-state index < -0.39 is 12.1 Å². The summed E-state index contributed by atoms with van der Waals surface area (Å²) >= 11 is 1.09. The molecular formula is C11H13NO4S. The molecule has 1 aliphatic rings. The van der Waals surface area contributed by atoms with Crippen LogP contribution in [-0.4, -0.2) is 29.7 Å². The zero-order valence-electron chi connectivity index (χ0n) is 9.30. The molecule has 1 saturated heterocycles. The Kier molecular flexibility index (Phi) is 3.44. The first-order valence-corrected chi connectivity index (χ1v) is 6.21. The van der Waals surface area contributed by atoms with Gasteiger partial charge in [0.25, 0.3) is 5.91 Å². The molecule has 0 bridgehead atoms. The first-order valence-electron chi connectivity index (χ1n) is 5.33. The summed E-state index contributed by atoms with van der Waals surface area (Å²) in [5.41, 5.74) is 0.343. The second-order valence-electron chi connectivity index (χ2n) is 4.02. The van der Waals surface area contributed by atoms with Crippen molar-refractivity contribution in [3.8, 4) is 0 Å². The number of ether oxygens (including phenoxy) is 1. The Balaban J connectivity index is 2.07. The maximum atomic E-state index is 11.9. The van der Waals surface area contributed by atoms with Gasteiger partial charge in [-0.2, -0.15) is 0 Å². The average molecular weight is 255 g/mol. The Bertz CT molecular complexity index is 442. The number of thiophene rings is 1. The molecule has 1 aromatic rings. The lowest BCUT2D eigenvalue weighted by molar-refractivity contribution is -0.126. The van der Waals surface area contributed by atoms with E-state index in [4.69, 9.17) is 9.84 Å². The molecule has 0 radical (unpaired) electrons. The topological polar surface area (TPSA) is 75.6 Å². The predicted molar refractivity (Wildman–Crippen MR) is 63.4 cm³/mol. The summed E-state index contributed by atoms with van der Waals surface area (Å²) < 4.78 is 5.32. The van der Waals surface area contributed by atoms with Gasteiger partial charge in [0.2, 0.25) is 0 Å². The molecule has 0 spiro atoms. The Hall–Kier alpha value is -1.40. The van der Waals surface area contributed by atoms with Gasteiger partial charge >= 0.3 is 5.97 Å². The van der Waals surface area contributed by atoms with Crippen LogP contribution in [0.2, 0.25) is 0 Å². The van der Waals surface area contributed by atoms with Crippen LogP contribution in [-0.2, 0) is 9.53 Å². The number of carboxylic acid groups (broad SMARTS) is 1. The molecule has 92 valence electrons. The number of carboxylic acids is 1. The quantitative estimate of drug-likeness (QED) is 0.863. The Morgan fingerprint density at radius 3 is 2.94 bits per heavy atom. The van der Waals surface area contributed by atoms with E-state index in [0.29, 0.717) is 12.3 Å². The molecule has 0 aliphatic carbocycles. The molecule has 1 aromatic heterocycles. The molecule has 0 saturated carbocycles. The molecular weight excluding hydrogens is 242 g/mol. The third-order valence-electron chi connectivity index (χ3n) is 2.76. The van der Waals surface area contributed by atoms with Crippen LogP contribution in [0.3, 0.4) is 0 Å². The highest BCUT2D eigenvalue weighted by molar-refractivity contribution is 7.12. The van der Waals surface area contributed by atoms with Crippen molar-refractivity contribution < 1.29 is 19.4 Å². The predicted octanol–water partition coefficient (Wildman–Crippen LogP) is 1.81. The highest BCUT2D eigenvalue weighted by Gasteiger charge is 2.31. The minimum atomic E-state index is -1.03. The van der Waals surface area contributed by atoms with Crippen LogP contribution in [0.4, 0.5) is 5.69 Å². The fourth-order valence-electron chi connectivity index (χ4n) is 1.81. The Morgan fingerprint density at radius 2 is 2.35 bits per heavy atom. The number of carbonyl (C=O) groups excluding carboxylic acids is 1. The summed E-state index contributed by atoms with van der Waals surface area (Å²) in [4.78, 5) is 22.9. The van der Waals surface area contributed by atoms with Gasteiger partial charge in [-0.15, -0.1) is 11.3 Å². The van der Waals surface area contributed by atoms with Crippen molar-refractivity contribution in [3.63, 3.8) is 0 Å².